The van der Waals surface area contributed by atoms with Crippen LogP contribution in [0, 0.1) is 11.3 Å². The molecular weight excluding hydrogens is 252 g/mol. The molecule has 3 nitrogen and oxygen atoms in total. The lowest BCUT2D eigenvalue weighted by Gasteiger charge is -2.08. The summed E-state index contributed by atoms with van der Waals surface area (Å²) in [7, 11) is 0. The molecule has 0 fully saturated rings. The lowest BCUT2D eigenvalue weighted by Crippen LogP contribution is -2.28. The van der Waals surface area contributed by atoms with Gasteiger partial charge in [0.05, 0.1) is 12.5 Å². The molecule has 1 N–H and O–H groups in total. The molecule has 0 saturated carbocycles. The molecule has 2 heterocycles. The minimum absolute atomic E-state index is 0.118. The highest BCUT2D eigenvalue weighted by molar-refractivity contribution is 7.10. The first-order valence-corrected chi connectivity index (χ1v) is 6.80. The molecule has 0 radical (unpaired) electrons. The van der Waals surface area contributed by atoms with Gasteiger partial charge >= 0.3 is 0 Å². The predicted octanol–water partition coefficient (Wildman–Crippen LogP) is 2.73. The number of hydrogen-bond donors (Lipinski definition) is 1. The Labute approximate surface area is 107 Å². The van der Waals surface area contributed by atoms with Crippen molar-refractivity contribution in [1.29, 1.82) is 5.26 Å². The SMILES string of the molecule is N#CC(NC(=O)Cc1cccs1)c1cccs1. The van der Waals surface area contributed by atoms with Gasteiger partial charge in [-0.15, -0.1) is 22.7 Å². The van der Waals surface area contributed by atoms with Crippen molar-refractivity contribution in [3.8, 4) is 6.07 Å². The van der Waals surface area contributed by atoms with E-state index >= 15 is 0 Å². The van der Waals surface area contributed by atoms with Crippen molar-refractivity contribution in [2.24, 2.45) is 0 Å². The molecule has 86 valence electrons. The van der Waals surface area contributed by atoms with Crippen LogP contribution in [0.1, 0.15) is 15.8 Å². The Balaban J connectivity index is 1.96. The van der Waals surface area contributed by atoms with Crippen LogP contribution in [0.25, 0.3) is 0 Å². The first-order chi connectivity index (χ1) is 8.29. The summed E-state index contributed by atoms with van der Waals surface area (Å²) in [5.74, 6) is -0.118. The molecule has 0 aliphatic rings. The van der Waals surface area contributed by atoms with Crippen molar-refractivity contribution in [2.45, 2.75) is 12.5 Å². The summed E-state index contributed by atoms with van der Waals surface area (Å²) in [5, 5.41) is 15.6. The smallest absolute Gasteiger partial charge is 0.226 e. The summed E-state index contributed by atoms with van der Waals surface area (Å²) in [5.41, 5.74) is 0. The Bertz CT molecular complexity index is 511. The van der Waals surface area contributed by atoms with Crippen LogP contribution < -0.4 is 5.32 Å². The Morgan fingerprint density at radius 3 is 2.71 bits per heavy atom. The van der Waals surface area contributed by atoms with Crippen LogP contribution in [0.4, 0.5) is 0 Å². The van der Waals surface area contributed by atoms with Gasteiger partial charge < -0.3 is 5.32 Å². The average molecular weight is 262 g/mol. The highest BCUT2D eigenvalue weighted by Gasteiger charge is 2.14. The first kappa shape index (κ1) is 11.8. The third-order valence-corrected chi connectivity index (χ3v) is 3.99. The largest absolute Gasteiger partial charge is 0.336 e. The van der Waals surface area contributed by atoms with Crippen molar-refractivity contribution in [1.82, 2.24) is 5.32 Å². The average Bonchev–Trinajstić information content (AvgIpc) is 2.97. The number of nitrogens with one attached hydrogen (secondary N) is 1. The van der Waals surface area contributed by atoms with E-state index < -0.39 is 6.04 Å². The van der Waals surface area contributed by atoms with Gasteiger partial charge in [0.25, 0.3) is 0 Å². The van der Waals surface area contributed by atoms with E-state index in [-0.39, 0.29) is 5.91 Å². The number of thiophene rings is 2. The summed E-state index contributed by atoms with van der Waals surface area (Å²) in [4.78, 5) is 13.6. The number of carbonyl (C=O) groups excluding carboxylic acids is 1. The van der Waals surface area contributed by atoms with Gasteiger partial charge in [-0.2, -0.15) is 5.26 Å². The second kappa shape index (κ2) is 5.62. The maximum Gasteiger partial charge on any atom is 0.226 e. The van der Waals surface area contributed by atoms with Crippen LogP contribution in [0.3, 0.4) is 0 Å². The maximum atomic E-state index is 11.7. The molecule has 0 aliphatic heterocycles. The second-order valence-electron chi connectivity index (χ2n) is 3.40. The molecule has 1 atom stereocenters. The fourth-order valence-electron chi connectivity index (χ4n) is 1.41. The molecule has 0 aromatic carbocycles. The van der Waals surface area contributed by atoms with Crippen LogP contribution in [0.15, 0.2) is 35.0 Å². The van der Waals surface area contributed by atoms with Crippen molar-refractivity contribution < 1.29 is 4.79 Å². The highest BCUT2D eigenvalue weighted by atomic mass is 32.1. The molecule has 17 heavy (non-hydrogen) atoms. The zero-order chi connectivity index (χ0) is 12.1. The zero-order valence-corrected chi connectivity index (χ0v) is 10.6. The van der Waals surface area contributed by atoms with Crippen molar-refractivity contribution >= 4 is 28.6 Å². The lowest BCUT2D eigenvalue weighted by molar-refractivity contribution is -0.120. The Kier molecular flexibility index (Phi) is 3.91. The normalized spacial score (nSPS) is 11.7. The fraction of sp³-hybridized carbons (Fsp3) is 0.167. The minimum Gasteiger partial charge on any atom is -0.336 e. The third kappa shape index (κ3) is 3.16. The number of carbonyl (C=O) groups is 1. The van der Waals surface area contributed by atoms with Crippen molar-refractivity contribution in [2.75, 3.05) is 0 Å². The molecule has 1 amide bonds. The van der Waals surface area contributed by atoms with E-state index in [1.807, 2.05) is 35.0 Å². The van der Waals surface area contributed by atoms with Crippen LogP contribution in [0.5, 0.6) is 0 Å². The van der Waals surface area contributed by atoms with Crippen LogP contribution in [-0.2, 0) is 11.2 Å². The van der Waals surface area contributed by atoms with E-state index in [0.29, 0.717) is 6.42 Å². The van der Waals surface area contributed by atoms with Crippen LogP contribution in [-0.4, -0.2) is 5.91 Å². The van der Waals surface area contributed by atoms with E-state index in [1.165, 1.54) is 11.3 Å². The third-order valence-electron chi connectivity index (χ3n) is 2.18. The Morgan fingerprint density at radius 1 is 1.35 bits per heavy atom. The van der Waals surface area contributed by atoms with Gasteiger partial charge in [0.1, 0.15) is 0 Å². The van der Waals surface area contributed by atoms with E-state index in [9.17, 15) is 4.79 Å². The van der Waals surface area contributed by atoms with Crippen LogP contribution in [0.2, 0.25) is 0 Å². The summed E-state index contributed by atoms with van der Waals surface area (Å²) in [6, 6.07) is 9.10. The zero-order valence-electron chi connectivity index (χ0n) is 8.92. The second-order valence-corrected chi connectivity index (χ2v) is 5.41. The molecule has 0 saturated heterocycles. The lowest BCUT2D eigenvalue weighted by atomic mass is 10.2. The van der Waals surface area contributed by atoms with E-state index in [1.54, 1.807) is 11.3 Å². The molecule has 0 bridgehead atoms. The number of hydrogen-bond acceptors (Lipinski definition) is 4. The quantitative estimate of drug-likeness (QED) is 0.921. The molecule has 2 rings (SSSR count). The van der Waals surface area contributed by atoms with Gasteiger partial charge in [-0.1, -0.05) is 12.1 Å². The molecule has 0 aliphatic carbocycles. The number of rotatable bonds is 4. The van der Waals surface area contributed by atoms with Gasteiger partial charge in [0.2, 0.25) is 5.91 Å². The van der Waals surface area contributed by atoms with Gasteiger partial charge in [-0.25, -0.2) is 0 Å². The summed E-state index contributed by atoms with van der Waals surface area (Å²) in [6.45, 7) is 0. The molecule has 5 heteroatoms. The van der Waals surface area contributed by atoms with Crippen LogP contribution >= 0.6 is 22.7 Å². The number of nitriles is 1. The molecule has 1 unspecified atom stereocenters. The fourth-order valence-corrected chi connectivity index (χ4v) is 2.83. The van der Waals surface area contributed by atoms with E-state index in [4.69, 9.17) is 5.26 Å². The van der Waals surface area contributed by atoms with Gasteiger partial charge in [-0.3, -0.25) is 4.79 Å². The summed E-state index contributed by atoms with van der Waals surface area (Å²) < 4.78 is 0. The monoisotopic (exact) mass is 262 g/mol. The number of amides is 1. The molecule has 2 aromatic heterocycles. The standard InChI is InChI=1S/C12H10N2OS2/c13-8-10(11-4-2-6-17-11)14-12(15)7-9-3-1-5-16-9/h1-6,10H,7H2,(H,14,15). The van der Waals surface area contributed by atoms with Gasteiger partial charge in [0, 0.05) is 9.75 Å². The topological polar surface area (TPSA) is 52.9 Å². The summed E-state index contributed by atoms with van der Waals surface area (Å²) in [6.07, 6.45) is 0.335. The predicted molar refractivity (Wildman–Crippen MR) is 68.8 cm³/mol. The molecule has 0 spiro atoms. The van der Waals surface area contributed by atoms with E-state index in [2.05, 4.69) is 11.4 Å². The van der Waals surface area contributed by atoms with Crippen molar-refractivity contribution in [3.63, 3.8) is 0 Å². The minimum atomic E-state index is -0.539. The maximum absolute atomic E-state index is 11.7. The molecule has 2 aromatic rings. The van der Waals surface area contributed by atoms with Gasteiger partial charge in [0.15, 0.2) is 6.04 Å². The van der Waals surface area contributed by atoms with Crippen molar-refractivity contribution in [3.05, 3.63) is 44.8 Å². The molecular formula is C12H10N2OS2. The highest BCUT2D eigenvalue weighted by Crippen LogP contribution is 2.18. The first-order valence-electron chi connectivity index (χ1n) is 5.04. The summed E-state index contributed by atoms with van der Waals surface area (Å²) >= 11 is 3.01. The Morgan fingerprint density at radius 2 is 2.12 bits per heavy atom. The Hall–Kier alpha value is -1.64. The number of nitrogens with zero attached hydrogens (tertiary/aromatic N) is 1. The van der Waals surface area contributed by atoms with Gasteiger partial charge in [-0.05, 0) is 22.9 Å². The van der Waals surface area contributed by atoms with E-state index in [0.717, 1.165) is 9.75 Å².